The minimum atomic E-state index is -4.59. The Kier molecular flexibility index (Phi) is 2.37. The van der Waals surface area contributed by atoms with Gasteiger partial charge in [-0.2, -0.15) is 13.2 Å². The summed E-state index contributed by atoms with van der Waals surface area (Å²) < 4.78 is 41.8. The molecule has 7 heteroatoms. The molecule has 0 spiro atoms. The zero-order chi connectivity index (χ0) is 11.8. The van der Waals surface area contributed by atoms with Gasteiger partial charge in [-0.25, -0.2) is 4.98 Å². The van der Waals surface area contributed by atoms with Crippen molar-refractivity contribution in [3.8, 4) is 5.75 Å². The second kappa shape index (κ2) is 3.58. The molecule has 2 rings (SSSR count). The molecular weight excluding hydrogens is 223 g/mol. The first-order valence-corrected chi connectivity index (χ1v) is 4.26. The van der Waals surface area contributed by atoms with Crippen LogP contribution in [0.2, 0.25) is 0 Å². The average molecular weight is 229 g/mol. The highest BCUT2D eigenvalue weighted by Gasteiger charge is 2.35. The van der Waals surface area contributed by atoms with Crippen molar-refractivity contribution in [3.63, 3.8) is 0 Å². The summed E-state index contributed by atoms with van der Waals surface area (Å²) in [5.74, 6) is -0.839. The molecule has 2 aromatic rings. The van der Waals surface area contributed by atoms with E-state index < -0.39 is 12.0 Å². The Morgan fingerprint density at radius 2 is 1.88 bits per heavy atom. The van der Waals surface area contributed by atoms with Gasteiger partial charge in [0.25, 0.3) is 5.82 Å². The maximum atomic E-state index is 12.3. The lowest BCUT2D eigenvalue weighted by Crippen LogP contribution is -2.12. The first-order valence-electron chi connectivity index (χ1n) is 4.26. The van der Waals surface area contributed by atoms with Crippen LogP contribution in [0.15, 0.2) is 18.2 Å². The second-order valence-corrected chi connectivity index (χ2v) is 2.99. The van der Waals surface area contributed by atoms with E-state index in [2.05, 4.69) is 15.2 Å². The summed E-state index contributed by atoms with van der Waals surface area (Å²) in [4.78, 5) is 3.38. The van der Waals surface area contributed by atoms with E-state index in [4.69, 9.17) is 4.74 Å². The Bertz CT molecular complexity index is 527. The molecule has 0 N–H and O–H groups in total. The van der Waals surface area contributed by atoms with Crippen LogP contribution in [0.5, 0.6) is 5.75 Å². The molecular formula is C9H6F3N3O. The molecule has 0 aliphatic heterocycles. The summed E-state index contributed by atoms with van der Waals surface area (Å²) in [6.07, 6.45) is -4.59. The van der Waals surface area contributed by atoms with Crippen LogP contribution >= 0.6 is 0 Å². The van der Waals surface area contributed by atoms with Gasteiger partial charge in [0, 0.05) is 6.07 Å². The molecule has 0 radical (unpaired) electrons. The number of alkyl halides is 3. The molecule has 0 amide bonds. The van der Waals surface area contributed by atoms with Crippen molar-refractivity contribution in [2.45, 2.75) is 6.18 Å². The maximum Gasteiger partial charge on any atom is 0.453 e. The highest BCUT2D eigenvalue weighted by molar-refractivity contribution is 5.75. The molecule has 1 heterocycles. The van der Waals surface area contributed by atoms with E-state index in [0.717, 1.165) is 0 Å². The van der Waals surface area contributed by atoms with Crippen LogP contribution in [0.25, 0.3) is 11.0 Å². The zero-order valence-electron chi connectivity index (χ0n) is 8.12. The van der Waals surface area contributed by atoms with Crippen LogP contribution in [-0.4, -0.2) is 22.3 Å². The number of halogens is 3. The zero-order valence-corrected chi connectivity index (χ0v) is 8.12. The Labute approximate surface area is 88.1 Å². The summed E-state index contributed by atoms with van der Waals surface area (Å²) in [6.45, 7) is 0. The molecule has 0 aliphatic carbocycles. The Balaban J connectivity index is 2.59. The largest absolute Gasteiger partial charge is 0.497 e. The van der Waals surface area contributed by atoms with Gasteiger partial charge in [-0.3, -0.25) is 0 Å². The van der Waals surface area contributed by atoms with E-state index in [-0.39, 0.29) is 11.0 Å². The average Bonchev–Trinajstić information content (AvgIpc) is 2.26. The van der Waals surface area contributed by atoms with Crippen molar-refractivity contribution in [3.05, 3.63) is 24.0 Å². The minimum absolute atomic E-state index is 0.0988. The fourth-order valence-corrected chi connectivity index (χ4v) is 1.16. The van der Waals surface area contributed by atoms with Gasteiger partial charge in [0.2, 0.25) is 0 Å². The van der Waals surface area contributed by atoms with E-state index in [1.165, 1.54) is 19.2 Å². The van der Waals surface area contributed by atoms with Gasteiger partial charge in [-0.05, 0) is 12.1 Å². The molecule has 0 aliphatic rings. The van der Waals surface area contributed by atoms with Gasteiger partial charge in [-0.1, -0.05) is 0 Å². The lowest BCUT2D eigenvalue weighted by Gasteiger charge is -2.05. The Morgan fingerprint density at radius 3 is 2.50 bits per heavy atom. The predicted octanol–water partition coefficient (Wildman–Crippen LogP) is 2.05. The van der Waals surface area contributed by atoms with Crippen LogP contribution < -0.4 is 4.74 Å². The van der Waals surface area contributed by atoms with Crippen LogP contribution in [0.1, 0.15) is 5.82 Å². The molecule has 1 aromatic carbocycles. The van der Waals surface area contributed by atoms with Gasteiger partial charge < -0.3 is 4.74 Å². The smallest absolute Gasteiger partial charge is 0.453 e. The number of hydrogen-bond donors (Lipinski definition) is 0. The summed E-state index contributed by atoms with van der Waals surface area (Å²) in [5.41, 5.74) is 0.385. The Hall–Kier alpha value is -1.92. The third-order valence-electron chi connectivity index (χ3n) is 1.91. The second-order valence-electron chi connectivity index (χ2n) is 2.99. The van der Waals surface area contributed by atoms with Crippen molar-refractivity contribution >= 4 is 11.0 Å². The number of ether oxygens (including phenoxy) is 1. The number of rotatable bonds is 1. The molecule has 0 bridgehead atoms. The molecule has 4 nitrogen and oxygen atoms in total. The SMILES string of the molecule is COc1ccc2nnc(C(F)(F)F)nc2c1. The van der Waals surface area contributed by atoms with E-state index >= 15 is 0 Å². The van der Waals surface area contributed by atoms with Crippen molar-refractivity contribution in [1.82, 2.24) is 15.2 Å². The number of aromatic nitrogens is 3. The predicted molar refractivity (Wildman–Crippen MR) is 48.9 cm³/mol. The molecule has 0 saturated heterocycles. The van der Waals surface area contributed by atoms with Crippen molar-refractivity contribution in [2.75, 3.05) is 7.11 Å². The van der Waals surface area contributed by atoms with Crippen molar-refractivity contribution < 1.29 is 17.9 Å². The van der Waals surface area contributed by atoms with Crippen LogP contribution in [0.3, 0.4) is 0 Å². The van der Waals surface area contributed by atoms with E-state index in [1.54, 1.807) is 6.07 Å². The van der Waals surface area contributed by atoms with Gasteiger partial charge >= 0.3 is 6.18 Å². The normalized spacial score (nSPS) is 11.8. The highest BCUT2D eigenvalue weighted by Crippen LogP contribution is 2.27. The summed E-state index contributed by atoms with van der Waals surface area (Å²) in [5, 5.41) is 6.44. The van der Waals surface area contributed by atoms with E-state index in [1.807, 2.05) is 0 Å². The topological polar surface area (TPSA) is 47.9 Å². The Morgan fingerprint density at radius 1 is 1.12 bits per heavy atom. The standard InChI is InChI=1S/C9H6F3N3O/c1-16-5-2-3-6-7(4-5)13-8(15-14-6)9(10,11)12/h2-4H,1H3. The van der Waals surface area contributed by atoms with Gasteiger partial charge in [-0.15, -0.1) is 10.2 Å². The summed E-state index contributed by atoms with van der Waals surface area (Å²) >= 11 is 0. The first-order chi connectivity index (χ1) is 7.50. The van der Waals surface area contributed by atoms with E-state index in [9.17, 15) is 13.2 Å². The summed E-state index contributed by atoms with van der Waals surface area (Å²) in [6, 6.07) is 4.44. The van der Waals surface area contributed by atoms with Crippen LogP contribution in [-0.2, 0) is 6.18 Å². The quantitative estimate of drug-likeness (QED) is 0.750. The fraction of sp³-hybridized carbons (Fsp3) is 0.222. The molecule has 0 unspecified atom stereocenters. The van der Waals surface area contributed by atoms with Gasteiger partial charge in [0.05, 0.1) is 12.6 Å². The molecule has 16 heavy (non-hydrogen) atoms. The van der Waals surface area contributed by atoms with E-state index in [0.29, 0.717) is 5.75 Å². The van der Waals surface area contributed by atoms with Crippen molar-refractivity contribution in [2.24, 2.45) is 0 Å². The van der Waals surface area contributed by atoms with Crippen LogP contribution in [0.4, 0.5) is 13.2 Å². The number of methoxy groups -OCH3 is 1. The van der Waals surface area contributed by atoms with Crippen LogP contribution in [0, 0.1) is 0 Å². The number of fused-ring (bicyclic) bond motifs is 1. The third kappa shape index (κ3) is 1.88. The molecule has 84 valence electrons. The number of benzene rings is 1. The third-order valence-corrected chi connectivity index (χ3v) is 1.91. The molecule has 1 aromatic heterocycles. The fourth-order valence-electron chi connectivity index (χ4n) is 1.16. The molecule has 0 saturated carbocycles. The lowest BCUT2D eigenvalue weighted by molar-refractivity contribution is -0.145. The number of hydrogen-bond acceptors (Lipinski definition) is 4. The molecule has 0 fully saturated rings. The van der Waals surface area contributed by atoms with Crippen molar-refractivity contribution in [1.29, 1.82) is 0 Å². The lowest BCUT2D eigenvalue weighted by atomic mass is 10.3. The van der Waals surface area contributed by atoms with Gasteiger partial charge in [0.1, 0.15) is 11.3 Å². The highest BCUT2D eigenvalue weighted by atomic mass is 19.4. The molecule has 0 atom stereocenters. The van der Waals surface area contributed by atoms with Gasteiger partial charge in [0.15, 0.2) is 0 Å². The minimum Gasteiger partial charge on any atom is -0.497 e. The maximum absolute atomic E-state index is 12.3. The monoisotopic (exact) mass is 229 g/mol. The number of nitrogens with zero attached hydrogens (tertiary/aromatic N) is 3. The first kappa shape index (κ1) is 10.6. The summed E-state index contributed by atoms with van der Waals surface area (Å²) in [7, 11) is 1.42.